The molecule has 9 heteroatoms. The molecule has 4 rings (SSSR count). The average Bonchev–Trinajstić information content (AvgIpc) is 3.44. The third kappa shape index (κ3) is 4.25. The van der Waals surface area contributed by atoms with E-state index in [-0.39, 0.29) is 29.7 Å². The smallest absolute Gasteiger partial charge is 0.253 e. The van der Waals surface area contributed by atoms with Crippen molar-refractivity contribution in [3.05, 3.63) is 29.8 Å². The minimum Gasteiger partial charge on any atom is -0.496 e. The molecule has 0 spiro atoms. The number of hydrogen-bond acceptors (Lipinski definition) is 6. The van der Waals surface area contributed by atoms with Crippen molar-refractivity contribution in [2.75, 3.05) is 26.0 Å². The van der Waals surface area contributed by atoms with Gasteiger partial charge in [-0.15, -0.1) is 0 Å². The van der Waals surface area contributed by atoms with Crippen LogP contribution in [0.5, 0.6) is 5.75 Å². The number of amides is 2. The molecule has 0 radical (unpaired) electrons. The van der Waals surface area contributed by atoms with E-state index < -0.39 is 16.1 Å². The number of carbonyl (C=O) groups excluding carboxylic acids is 2. The molecule has 1 N–H and O–H groups in total. The average molecular weight is 422 g/mol. The van der Waals surface area contributed by atoms with E-state index in [1.807, 2.05) is 29.2 Å². The number of aryl methyl sites for hydroxylation is 1. The maximum absolute atomic E-state index is 12.9. The van der Waals surface area contributed by atoms with E-state index in [4.69, 9.17) is 4.74 Å². The first kappa shape index (κ1) is 20.2. The van der Waals surface area contributed by atoms with Gasteiger partial charge in [0.25, 0.3) is 5.91 Å². The Hall–Kier alpha value is -2.13. The highest BCUT2D eigenvalue weighted by Crippen LogP contribution is 2.34. The summed E-state index contributed by atoms with van der Waals surface area (Å²) in [6.07, 6.45) is 2.86. The van der Waals surface area contributed by atoms with E-state index >= 15 is 0 Å². The second-order valence-corrected chi connectivity index (χ2v) is 9.97. The number of sulfonamides is 1. The van der Waals surface area contributed by atoms with Crippen molar-refractivity contribution in [1.82, 2.24) is 14.5 Å². The molecule has 1 aromatic carbocycles. The van der Waals surface area contributed by atoms with Gasteiger partial charge in [0.1, 0.15) is 5.75 Å². The lowest BCUT2D eigenvalue weighted by Gasteiger charge is -2.23. The first-order valence-electron chi connectivity index (χ1n) is 10.1. The maximum atomic E-state index is 12.9. The topological polar surface area (TPSA) is 96.0 Å². The van der Waals surface area contributed by atoms with E-state index in [1.165, 1.54) is 0 Å². The van der Waals surface area contributed by atoms with E-state index in [0.717, 1.165) is 28.5 Å². The van der Waals surface area contributed by atoms with Gasteiger partial charge in [-0.1, -0.05) is 18.2 Å². The fraction of sp³-hybridized carbons (Fsp3) is 0.600. The van der Waals surface area contributed by atoms with Crippen LogP contribution < -0.4 is 10.1 Å². The van der Waals surface area contributed by atoms with Crippen LogP contribution in [0.1, 0.15) is 31.2 Å². The monoisotopic (exact) mass is 421 g/mol. The van der Waals surface area contributed by atoms with E-state index in [2.05, 4.69) is 5.32 Å². The molecule has 2 saturated heterocycles. The minimum absolute atomic E-state index is 0.0415. The summed E-state index contributed by atoms with van der Waals surface area (Å²) in [4.78, 5) is 27.3. The van der Waals surface area contributed by atoms with E-state index in [0.29, 0.717) is 32.4 Å². The van der Waals surface area contributed by atoms with Gasteiger partial charge in [-0.3, -0.25) is 14.5 Å². The number of carbonyl (C=O) groups is 2. The Balaban J connectivity index is 1.35. The highest BCUT2D eigenvalue weighted by atomic mass is 32.2. The van der Waals surface area contributed by atoms with Crippen LogP contribution in [0.15, 0.2) is 24.3 Å². The second kappa shape index (κ2) is 7.95. The summed E-state index contributed by atoms with van der Waals surface area (Å²) >= 11 is 0. The number of hydrogen-bond donors (Lipinski definition) is 1. The summed E-state index contributed by atoms with van der Waals surface area (Å²) in [5.74, 6) is 0.329. The van der Waals surface area contributed by atoms with Crippen molar-refractivity contribution in [2.45, 2.75) is 50.2 Å². The van der Waals surface area contributed by atoms with Crippen LogP contribution in [0.3, 0.4) is 0 Å². The quantitative estimate of drug-likeness (QED) is 0.720. The first-order valence-corrected chi connectivity index (χ1v) is 11.7. The number of para-hydroxylation sites is 1. The molecular weight excluding hydrogens is 394 g/mol. The van der Waals surface area contributed by atoms with Gasteiger partial charge < -0.3 is 10.1 Å². The van der Waals surface area contributed by atoms with Gasteiger partial charge in [0.15, 0.2) is 0 Å². The van der Waals surface area contributed by atoms with Gasteiger partial charge in [0, 0.05) is 31.6 Å². The molecule has 158 valence electrons. The van der Waals surface area contributed by atoms with Gasteiger partial charge in [0.05, 0.1) is 18.9 Å². The predicted octanol–water partition coefficient (Wildman–Crippen LogP) is 0.521. The Morgan fingerprint density at radius 3 is 2.76 bits per heavy atom. The molecule has 0 bridgehead atoms. The number of ether oxygens (including phenoxy) is 1. The lowest BCUT2D eigenvalue weighted by molar-refractivity contribution is -0.131. The number of benzene rings is 1. The molecule has 2 aliphatic heterocycles. The fourth-order valence-corrected chi connectivity index (χ4v) is 6.02. The summed E-state index contributed by atoms with van der Waals surface area (Å²) in [6.45, 7) is 0.834. The Kier molecular flexibility index (Phi) is 5.52. The maximum Gasteiger partial charge on any atom is 0.253 e. The summed E-state index contributed by atoms with van der Waals surface area (Å²) < 4.78 is 31.4. The zero-order valence-electron chi connectivity index (χ0n) is 16.5. The lowest BCUT2D eigenvalue weighted by Crippen LogP contribution is -2.45. The third-order valence-corrected chi connectivity index (χ3v) is 7.68. The lowest BCUT2D eigenvalue weighted by atomic mass is 10.1. The largest absolute Gasteiger partial charge is 0.496 e. The molecule has 1 saturated carbocycles. The molecule has 1 aliphatic carbocycles. The van der Waals surface area contributed by atoms with Crippen molar-refractivity contribution in [1.29, 1.82) is 0 Å². The number of nitrogens with one attached hydrogen (secondary N) is 1. The van der Waals surface area contributed by atoms with Crippen LogP contribution in [0.2, 0.25) is 0 Å². The predicted molar refractivity (Wildman–Crippen MR) is 107 cm³/mol. The minimum atomic E-state index is -3.53. The van der Waals surface area contributed by atoms with Crippen LogP contribution >= 0.6 is 0 Å². The Morgan fingerprint density at radius 2 is 2.03 bits per heavy atom. The highest BCUT2D eigenvalue weighted by molar-refractivity contribution is 7.89. The van der Waals surface area contributed by atoms with Crippen LogP contribution in [0, 0.1) is 0 Å². The van der Waals surface area contributed by atoms with Crippen molar-refractivity contribution in [3.8, 4) is 5.75 Å². The van der Waals surface area contributed by atoms with Crippen LogP contribution in [-0.2, 0) is 26.0 Å². The summed E-state index contributed by atoms with van der Waals surface area (Å²) in [5.41, 5.74) is 0.978. The second-order valence-electron chi connectivity index (χ2n) is 8.00. The van der Waals surface area contributed by atoms with Gasteiger partial charge in [-0.05, 0) is 37.3 Å². The Bertz CT molecular complexity index is 899. The normalized spacial score (nSPS) is 26.7. The van der Waals surface area contributed by atoms with Crippen LogP contribution in [-0.4, -0.2) is 73.5 Å². The molecular formula is C20H27N3O5S. The highest BCUT2D eigenvalue weighted by Gasteiger charge is 2.49. The number of nitrogens with zero attached hydrogens (tertiary/aromatic N) is 2. The van der Waals surface area contributed by atoms with Gasteiger partial charge in [-0.25, -0.2) is 12.7 Å². The summed E-state index contributed by atoms with van der Waals surface area (Å²) in [7, 11) is -1.92. The van der Waals surface area contributed by atoms with Crippen LogP contribution in [0.4, 0.5) is 0 Å². The summed E-state index contributed by atoms with van der Waals surface area (Å²) in [6, 6.07) is 6.85. The first-order chi connectivity index (χ1) is 13.9. The zero-order chi connectivity index (χ0) is 20.6. The molecule has 2 amide bonds. The number of methoxy groups -OCH3 is 1. The molecule has 2 heterocycles. The van der Waals surface area contributed by atoms with Gasteiger partial charge in [-0.2, -0.15) is 0 Å². The number of fused-ring (bicyclic) bond motifs is 1. The van der Waals surface area contributed by atoms with Crippen LogP contribution in [0.25, 0.3) is 0 Å². The summed E-state index contributed by atoms with van der Waals surface area (Å²) in [5, 5.41) is 3.02. The molecule has 0 unspecified atom stereocenters. The van der Waals surface area contributed by atoms with Gasteiger partial charge >= 0.3 is 0 Å². The molecule has 29 heavy (non-hydrogen) atoms. The molecule has 3 fully saturated rings. The molecule has 2 atom stereocenters. The molecule has 1 aromatic rings. The molecule has 0 aromatic heterocycles. The number of rotatable bonds is 6. The van der Waals surface area contributed by atoms with Gasteiger partial charge in [0.2, 0.25) is 15.9 Å². The fourth-order valence-electron chi connectivity index (χ4n) is 4.30. The van der Waals surface area contributed by atoms with E-state index in [1.54, 1.807) is 7.11 Å². The zero-order valence-corrected chi connectivity index (χ0v) is 17.4. The Morgan fingerprint density at radius 1 is 1.28 bits per heavy atom. The molecule has 8 nitrogen and oxygen atoms in total. The van der Waals surface area contributed by atoms with Crippen molar-refractivity contribution in [2.24, 2.45) is 0 Å². The van der Waals surface area contributed by atoms with E-state index in [9.17, 15) is 18.0 Å². The third-order valence-electron chi connectivity index (χ3n) is 5.90. The standard InChI is InChI=1S/C20H27N3O5S/c1-28-18-5-3-2-4-14(18)6-9-19(24)21-15-12-17-20(25)23(16-7-8-16)29(26,27)11-10-22(17)13-15/h2-5,15-17H,6-13H2,1H3,(H,21,24)/t15-,17-/m0/s1. The SMILES string of the molecule is COc1ccccc1CCC(=O)N[C@H]1C[C@H]2C(=O)N(C3CC3)S(=O)(=O)CCN2C1. The Labute approximate surface area is 171 Å². The van der Waals surface area contributed by atoms with Crippen molar-refractivity contribution >= 4 is 21.8 Å². The molecule has 3 aliphatic rings. The van der Waals surface area contributed by atoms with Crippen molar-refractivity contribution < 1.29 is 22.7 Å². The van der Waals surface area contributed by atoms with Crippen molar-refractivity contribution in [3.63, 3.8) is 0 Å².